The molecule has 2 aromatic carbocycles. The molecule has 1 aliphatic rings. The molecule has 0 fully saturated rings. The Morgan fingerprint density at radius 2 is 2.04 bits per heavy atom. The van der Waals surface area contributed by atoms with Crippen molar-refractivity contribution in [1.29, 1.82) is 0 Å². The summed E-state index contributed by atoms with van der Waals surface area (Å²) in [5, 5.41) is 16.1. The van der Waals surface area contributed by atoms with Crippen LogP contribution in [0.1, 0.15) is 26.3 Å². The third-order valence-electron chi connectivity index (χ3n) is 3.70. The highest BCUT2D eigenvalue weighted by Gasteiger charge is 2.19. The molecular formula is C16H12ClN3O4. The van der Waals surface area contributed by atoms with Crippen molar-refractivity contribution >= 4 is 34.8 Å². The van der Waals surface area contributed by atoms with Crippen LogP contribution >= 0.6 is 11.6 Å². The second-order valence-corrected chi connectivity index (χ2v) is 5.66. The van der Waals surface area contributed by atoms with Gasteiger partial charge in [0.25, 0.3) is 17.5 Å². The summed E-state index contributed by atoms with van der Waals surface area (Å²) in [4.78, 5) is 34.3. The van der Waals surface area contributed by atoms with Crippen molar-refractivity contribution in [1.82, 2.24) is 5.32 Å². The second-order valence-electron chi connectivity index (χ2n) is 5.25. The molecular weight excluding hydrogens is 334 g/mol. The zero-order chi connectivity index (χ0) is 17.3. The molecule has 0 spiro atoms. The topological polar surface area (TPSA) is 101 Å². The number of nitrogens with one attached hydrogen (secondary N) is 2. The van der Waals surface area contributed by atoms with Crippen LogP contribution in [0.5, 0.6) is 0 Å². The van der Waals surface area contributed by atoms with Crippen LogP contribution < -0.4 is 10.6 Å². The molecule has 0 unspecified atom stereocenters. The number of halogens is 1. The van der Waals surface area contributed by atoms with Crippen LogP contribution in [-0.2, 0) is 6.42 Å². The smallest absolute Gasteiger partial charge is 0.270 e. The maximum Gasteiger partial charge on any atom is 0.270 e. The Morgan fingerprint density at radius 1 is 1.25 bits per heavy atom. The number of nitro benzene ring substituents is 1. The number of hydrogen-bond donors (Lipinski definition) is 2. The molecule has 24 heavy (non-hydrogen) atoms. The minimum atomic E-state index is -0.588. The quantitative estimate of drug-likeness (QED) is 0.659. The summed E-state index contributed by atoms with van der Waals surface area (Å²) >= 11 is 5.94. The fourth-order valence-electron chi connectivity index (χ4n) is 2.49. The van der Waals surface area contributed by atoms with E-state index < -0.39 is 10.8 Å². The fraction of sp³-hybridized carbons (Fsp3) is 0.125. The van der Waals surface area contributed by atoms with Crippen LogP contribution in [0.2, 0.25) is 5.02 Å². The molecule has 0 aromatic heterocycles. The molecule has 0 aliphatic carbocycles. The van der Waals surface area contributed by atoms with Gasteiger partial charge in [-0.15, -0.1) is 0 Å². The normalized spacial score (nSPS) is 13.0. The standard InChI is InChI=1S/C16H12ClN3O4/c17-14-8-11(20(23)24)3-4-12(14)16(22)19-10-2-1-9-5-6-18-15(21)13(9)7-10/h1-4,7-8H,5-6H2,(H,18,21)(H,19,22). The zero-order valence-electron chi connectivity index (χ0n) is 12.3. The Morgan fingerprint density at radius 3 is 2.75 bits per heavy atom. The molecule has 0 bridgehead atoms. The molecule has 8 heteroatoms. The summed E-state index contributed by atoms with van der Waals surface area (Å²) < 4.78 is 0. The number of nitro groups is 1. The molecule has 122 valence electrons. The highest BCUT2D eigenvalue weighted by molar-refractivity contribution is 6.34. The Kier molecular flexibility index (Phi) is 4.18. The van der Waals surface area contributed by atoms with Gasteiger partial charge >= 0.3 is 0 Å². The predicted octanol–water partition coefficient (Wildman–Crippen LogP) is 2.79. The van der Waals surface area contributed by atoms with Crippen molar-refractivity contribution in [3.8, 4) is 0 Å². The molecule has 2 N–H and O–H groups in total. The fourth-order valence-corrected chi connectivity index (χ4v) is 2.75. The van der Waals surface area contributed by atoms with E-state index in [4.69, 9.17) is 11.6 Å². The lowest BCUT2D eigenvalue weighted by molar-refractivity contribution is -0.384. The van der Waals surface area contributed by atoms with E-state index in [1.54, 1.807) is 18.2 Å². The van der Waals surface area contributed by atoms with Crippen LogP contribution in [-0.4, -0.2) is 23.3 Å². The number of amides is 2. The van der Waals surface area contributed by atoms with Gasteiger partial charge in [-0.25, -0.2) is 0 Å². The van der Waals surface area contributed by atoms with Gasteiger partial charge in [-0.2, -0.15) is 0 Å². The molecule has 1 heterocycles. The lowest BCUT2D eigenvalue weighted by atomic mass is 10.00. The zero-order valence-corrected chi connectivity index (χ0v) is 13.1. The third kappa shape index (κ3) is 3.07. The number of nitrogens with zero attached hydrogens (tertiary/aromatic N) is 1. The van der Waals surface area contributed by atoms with Crippen LogP contribution in [0.3, 0.4) is 0 Å². The summed E-state index contributed by atoms with van der Waals surface area (Å²) in [5.74, 6) is -0.688. The molecule has 1 aliphatic heterocycles. The van der Waals surface area contributed by atoms with E-state index in [1.807, 2.05) is 0 Å². The molecule has 0 saturated carbocycles. The van der Waals surface area contributed by atoms with E-state index in [-0.39, 0.29) is 22.2 Å². The molecule has 0 radical (unpaired) electrons. The molecule has 2 amide bonds. The van der Waals surface area contributed by atoms with Gasteiger partial charge in [-0.1, -0.05) is 17.7 Å². The van der Waals surface area contributed by atoms with Gasteiger partial charge in [0.1, 0.15) is 0 Å². The third-order valence-corrected chi connectivity index (χ3v) is 4.01. The number of fused-ring (bicyclic) bond motifs is 1. The van der Waals surface area contributed by atoms with Crippen molar-refractivity contribution in [3.05, 3.63) is 68.2 Å². The first-order chi connectivity index (χ1) is 11.5. The SMILES string of the molecule is O=C(Nc1ccc2c(c1)C(=O)NCC2)c1ccc([N+](=O)[O-])cc1Cl. The summed E-state index contributed by atoms with van der Waals surface area (Å²) in [6, 6.07) is 8.72. The average molecular weight is 346 g/mol. The molecule has 7 nitrogen and oxygen atoms in total. The Labute approximate surface area is 141 Å². The minimum absolute atomic E-state index is 0.0163. The Bertz CT molecular complexity index is 866. The van der Waals surface area contributed by atoms with E-state index in [0.717, 1.165) is 18.1 Å². The van der Waals surface area contributed by atoms with Gasteiger partial charge < -0.3 is 10.6 Å². The lowest BCUT2D eigenvalue weighted by Crippen LogP contribution is -2.31. The number of hydrogen-bond acceptors (Lipinski definition) is 4. The van der Waals surface area contributed by atoms with Crippen LogP contribution in [0.15, 0.2) is 36.4 Å². The first-order valence-corrected chi connectivity index (χ1v) is 7.50. The van der Waals surface area contributed by atoms with E-state index >= 15 is 0 Å². The van der Waals surface area contributed by atoms with E-state index in [1.165, 1.54) is 12.1 Å². The van der Waals surface area contributed by atoms with Gasteiger partial charge in [0.15, 0.2) is 0 Å². The van der Waals surface area contributed by atoms with Crippen molar-refractivity contribution in [2.45, 2.75) is 6.42 Å². The number of non-ortho nitro benzene ring substituents is 1. The Balaban J connectivity index is 1.84. The molecule has 3 rings (SSSR count). The van der Waals surface area contributed by atoms with E-state index in [2.05, 4.69) is 10.6 Å². The van der Waals surface area contributed by atoms with Gasteiger partial charge in [-0.05, 0) is 30.2 Å². The highest BCUT2D eigenvalue weighted by atomic mass is 35.5. The number of carbonyl (C=O) groups is 2. The van der Waals surface area contributed by atoms with Gasteiger partial charge in [0.2, 0.25) is 0 Å². The highest BCUT2D eigenvalue weighted by Crippen LogP contribution is 2.24. The second kappa shape index (κ2) is 6.29. The van der Waals surface area contributed by atoms with Crippen LogP contribution in [0, 0.1) is 10.1 Å². The Hall–Kier alpha value is -2.93. The van der Waals surface area contributed by atoms with E-state index in [9.17, 15) is 19.7 Å². The number of anilines is 1. The molecule has 0 atom stereocenters. The van der Waals surface area contributed by atoms with Gasteiger partial charge in [-0.3, -0.25) is 19.7 Å². The molecule has 2 aromatic rings. The summed E-state index contributed by atoms with van der Waals surface area (Å²) in [5.41, 5.74) is 1.82. The number of benzene rings is 2. The largest absolute Gasteiger partial charge is 0.352 e. The summed E-state index contributed by atoms with van der Waals surface area (Å²) in [7, 11) is 0. The van der Waals surface area contributed by atoms with Crippen molar-refractivity contribution < 1.29 is 14.5 Å². The summed E-state index contributed by atoms with van der Waals surface area (Å²) in [6.07, 6.45) is 0.740. The van der Waals surface area contributed by atoms with Crippen LogP contribution in [0.4, 0.5) is 11.4 Å². The average Bonchev–Trinajstić information content (AvgIpc) is 2.55. The maximum absolute atomic E-state index is 12.3. The number of carbonyl (C=O) groups excluding carboxylic acids is 2. The first kappa shape index (κ1) is 15.9. The van der Waals surface area contributed by atoms with E-state index in [0.29, 0.717) is 17.8 Å². The van der Waals surface area contributed by atoms with Crippen LogP contribution in [0.25, 0.3) is 0 Å². The van der Waals surface area contributed by atoms with Gasteiger partial charge in [0.05, 0.1) is 15.5 Å². The minimum Gasteiger partial charge on any atom is -0.352 e. The van der Waals surface area contributed by atoms with Crippen molar-refractivity contribution in [3.63, 3.8) is 0 Å². The monoisotopic (exact) mass is 345 g/mol. The number of rotatable bonds is 3. The summed E-state index contributed by atoms with van der Waals surface area (Å²) in [6.45, 7) is 0.593. The first-order valence-electron chi connectivity index (χ1n) is 7.12. The van der Waals surface area contributed by atoms with Gasteiger partial charge in [0, 0.05) is 29.9 Å². The van der Waals surface area contributed by atoms with Crippen molar-refractivity contribution in [2.75, 3.05) is 11.9 Å². The molecule has 0 saturated heterocycles. The predicted molar refractivity (Wildman–Crippen MR) is 88.5 cm³/mol. The maximum atomic E-state index is 12.3. The van der Waals surface area contributed by atoms with Crippen molar-refractivity contribution in [2.24, 2.45) is 0 Å². The lowest BCUT2D eigenvalue weighted by Gasteiger charge is -2.17.